The summed E-state index contributed by atoms with van der Waals surface area (Å²) in [7, 11) is 1.68. The molecule has 188 valence electrons. The number of methoxy groups -OCH3 is 1. The fourth-order valence-corrected chi connectivity index (χ4v) is 4.87. The van der Waals surface area contributed by atoms with Crippen LogP contribution >= 0.6 is 11.6 Å². The molecular weight excluding hydrogens is 462 g/mol. The van der Waals surface area contributed by atoms with Gasteiger partial charge in [-0.2, -0.15) is 0 Å². The number of halogens is 1. The molecule has 7 heteroatoms. The summed E-state index contributed by atoms with van der Waals surface area (Å²) in [4.78, 5) is 15.4. The summed E-state index contributed by atoms with van der Waals surface area (Å²) in [6, 6.07) is 13.5. The van der Waals surface area contributed by atoms with Gasteiger partial charge < -0.3 is 24.3 Å². The Morgan fingerprint density at radius 2 is 1.91 bits per heavy atom. The molecule has 0 spiro atoms. The topological polar surface area (TPSA) is 55.7 Å². The quantitative estimate of drug-likeness (QED) is 0.395. The minimum absolute atomic E-state index is 0.0301. The molecule has 35 heavy (non-hydrogen) atoms. The maximum Gasteiger partial charge on any atom is 0.253 e. The molecule has 0 aliphatic carbocycles. The first kappa shape index (κ1) is 25.4. The van der Waals surface area contributed by atoms with Gasteiger partial charge in [-0.1, -0.05) is 43.6 Å². The van der Waals surface area contributed by atoms with Crippen molar-refractivity contribution in [3.8, 4) is 11.5 Å². The number of fused-ring (bicyclic) bond motifs is 1. The predicted octanol–water partition coefficient (Wildman–Crippen LogP) is 5.62. The molecule has 0 saturated carbocycles. The van der Waals surface area contributed by atoms with Gasteiger partial charge in [-0.25, -0.2) is 0 Å². The summed E-state index contributed by atoms with van der Waals surface area (Å²) >= 11 is 6.08. The zero-order valence-electron chi connectivity index (χ0n) is 20.9. The molecule has 1 fully saturated rings. The fraction of sp³-hybridized carbons (Fsp3) is 0.464. The lowest BCUT2D eigenvalue weighted by Crippen LogP contribution is -2.38. The number of carbonyl (C=O) groups excluding carboxylic acids is 1. The Morgan fingerprint density at radius 3 is 2.63 bits per heavy atom. The van der Waals surface area contributed by atoms with Crippen LogP contribution in [0.1, 0.15) is 43.5 Å². The second-order valence-corrected chi connectivity index (χ2v) is 10.1. The van der Waals surface area contributed by atoms with Crippen molar-refractivity contribution in [2.24, 2.45) is 5.92 Å². The second-order valence-electron chi connectivity index (χ2n) is 9.67. The summed E-state index contributed by atoms with van der Waals surface area (Å²) < 4.78 is 13.9. The van der Waals surface area contributed by atoms with Gasteiger partial charge in [0.2, 0.25) is 0 Å². The van der Waals surface area contributed by atoms with Gasteiger partial charge >= 0.3 is 0 Å². The second kappa shape index (κ2) is 11.8. The number of ether oxygens (including phenoxy) is 2. The highest BCUT2D eigenvalue weighted by Gasteiger charge is 2.21. The van der Waals surface area contributed by atoms with Gasteiger partial charge in [0.05, 0.1) is 18.2 Å². The number of para-hydroxylation sites is 1. The molecule has 1 aliphatic rings. The average Bonchev–Trinajstić information content (AvgIpc) is 3.22. The van der Waals surface area contributed by atoms with Crippen LogP contribution in [0.25, 0.3) is 10.9 Å². The molecule has 1 aromatic heterocycles. The maximum absolute atomic E-state index is 12.9. The smallest absolute Gasteiger partial charge is 0.253 e. The van der Waals surface area contributed by atoms with E-state index in [4.69, 9.17) is 21.1 Å². The van der Waals surface area contributed by atoms with Crippen molar-refractivity contribution in [2.75, 3.05) is 33.3 Å². The molecule has 2 aromatic carbocycles. The van der Waals surface area contributed by atoms with E-state index in [1.807, 2.05) is 48.7 Å². The van der Waals surface area contributed by atoms with Crippen LogP contribution in [-0.4, -0.2) is 54.8 Å². The Morgan fingerprint density at radius 1 is 1.14 bits per heavy atom. The van der Waals surface area contributed by atoms with E-state index >= 15 is 0 Å². The third kappa shape index (κ3) is 6.50. The number of rotatable bonds is 10. The van der Waals surface area contributed by atoms with Crippen LogP contribution in [0, 0.1) is 5.92 Å². The van der Waals surface area contributed by atoms with E-state index in [0.29, 0.717) is 23.0 Å². The molecule has 3 aromatic rings. The Balaban J connectivity index is 1.35. The van der Waals surface area contributed by atoms with E-state index in [9.17, 15) is 4.79 Å². The van der Waals surface area contributed by atoms with E-state index in [1.165, 1.54) is 0 Å². The molecule has 0 unspecified atom stereocenters. The van der Waals surface area contributed by atoms with Crippen LogP contribution in [0.4, 0.5) is 0 Å². The zero-order valence-corrected chi connectivity index (χ0v) is 21.7. The normalized spacial score (nSPS) is 15.0. The first-order chi connectivity index (χ1) is 16.9. The van der Waals surface area contributed by atoms with Crippen molar-refractivity contribution in [3.05, 3.63) is 59.2 Å². The monoisotopic (exact) mass is 497 g/mol. The number of piperidine rings is 1. The highest BCUT2D eigenvalue weighted by Crippen LogP contribution is 2.30. The van der Waals surface area contributed by atoms with Gasteiger partial charge in [-0.05, 0) is 56.0 Å². The lowest BCUT2D eigenvalue weighted by molar-refractivity contribution is 0.0950. The van der Waals surface area contributed by atoms with Gasteiger partial charge in [-0.15, -0.1) is 0 Å². The third-order valence-corrected chi connectivity index (χ3v) is 6.74. The Labute approximate surface area is 213 Å². The standard InChI is InChI=1S/C28H36ClN3O3/c1-20(2)18-30-28(33)25-19-32(27-24(25)9-5-10-26(27)34-3)14-6-13-31-15-11-22(12-16-31)35-23-8-4-7-21(29)17-23/h4-5,7-10,17,19-20,22H,6,11-16,18H2,1-3H3,(H,30,33). The number of hydrogen-bond donors (Lipinski definition) is 1. The summed E-state index contributed by atoms with van der Waals surface area (Å²) in [6.45, 7) is 8.72. The number of benzene rings is 2. The first-order valence-electron chi connectivity index (χ1n) is 12.5. The lowest BCUT2D eigenvalue weighted by Gasteiger charge is -2.32. The van der Waals surface area contributed by atoms with Gasteiger partial charge in [0, 0.05) is 42.8 Å². The van der Waals surface area contributed by atoms with Crippen molar-refractivity contribution in [1.82, 2.24) is 14.8 Å². The molecule has 1 amide bonds. The summed E-state index contributed by atoms with van der Waals surface area (Å²) in [5.41, 5.74) is 1.69. The van der Waals surface area contributed by atoms with E-state index in [1.54, 1.807) is 7.11 Å². The van der Waals surface area contributed by atoms with Crippen LogP contribution in [0.5, 0.6) is 11.5 Å². The van der Waals surface area contributed by atoms with Crippen molar-refractivity contribution < 1.29 is 14.3 Å². The van der Waals surface area contributed by atoms with Crippen LogP contribution in [-0.2, 0) is 6.54 Å². The van der Waals surface area contributed by atoms with Crippen LogP contribution in [0.2, 0.25) is 5.02 Å². The number of carbonyl (C=O) groups is 1. The molecule has 6 nitrogen and oxygen atoms in total. The van der Waals surface area contributed by atoms with Gasteiger partial charge in [-0.3, -0.25) is 4.79 Å². The summed E-state index contributed by atoms with van der Waals surface area (Å²) in [5.74, 6) is 2.02. The van der Waals surface area contributed by atoms with Gasteiger partial charge in [0.25, 0.3) is 5.91 Å². The summed E-state index contributed by atoms with van der Waals surface area (Å²) in [6.07, 6.45) is 5.22. The van der Waals surface area contributed by atoms with Gasteiger partial charge in [0.1, 0.15) is 17.6 Å². The maximum atomic E-state index is 12.9. The van der Waals surface area contributed by atoms with Crippen molar-refractivity contribution in [2.45, 2.75) is 45.8 Å². The predicted molar refractivity (Wildman–Crippen MR) is 142 cm³/mol. The number of aromatic nitrogens is 1. The summed E-state index contributed by atoms with van der Waals surface area (Å²) in [5, 5.41) is 4.69. The van der Waals surface area contributed by atoms with Gasteiger partial charge in [0.15, 0.2) is 0 Å². The molecule has 1 N–H and O–H groups in total. The molecule has 0 bridgehead atoms. The van der Waals surface area contributed by atoms with Crippen molar-refractivity contribution in [1.29, 1.82) is 0 Å². The SMILES string of the molecule is COc1cccc2c(C(=O)NCC(C)C)cn(CCCN3CCC(Oc4cccc(Cl)c4)CC3)c12. The molecule has 0 atom stereocenters. The first-order valence-corrected chi connectivity index (χ1v) is 12.9. The van der Waals surface area contributed by atoms with Crippen LogP contribution < -0.4 is 14.8 Å². The minimum atomic E-state index is -0.0301. The fourth-order valence-electron chi connectivity index (χ4n) is 4.69. The van der Waals surface area contributed by atoms with Crippen LogP contribution in [0.15, 0.2) is 48.7 Å². The lowest BCUT2D eigenvalue weighted by atomic mass is 10.1. The molecule has 4 rings (SSSR count). The largest absolute Gasteiger partial charge is 0.495 e. The highest BCUT2D eigenvalue weighted by molar-refractivity contribution is 6.30. The van der Waals surface area contributed by atoms with Crippen LogP contribution in [0.3, 0.4) is 0 Å². The molecule has 1 aliphatic heterocycles. The number of nitrogens with zero attached hydrogens (tertiary/aromatic N) is 2. The number of amides is 1. The van der Waals surface area contributed by atoms with Crippen molar-refractivity contribution in [3.63, 3.8) is 0 Å². The minimum Gasteiger partial charge on any atom is -0.495 e. The Bertz CT molecular complexity index is 1140. The Hall–Kier alpha value is -2.70. The molecule has 0 radical (unpaired) electrons. The third-order valence-electron chi connectivity index (χ3n) is 6.50. The van der Waals surface area contributed by atoms with E-state index in [2.05, 4.69) is 28.6 Å². The number of nitrogens with one attached hydrogen (secondary N) is 1. The number of aryl methyl sites for hydroxylation is 1. The zero-order chi connectivity index (χ0) is 24.8. The Kier molecular flexibility index (Phi) is 8.58. The number of likely N-dealkylation sites (tertiary alicyclic amines) is 1. The van der Waals surface area contributed by atoms with E-state index < -0.39 is 0 Å². The molecule has 2 heterocycles. The van der Waals surface area contributed by atoms with Crippen molar-refractivity contribution >= 4 is 28.4 Å². The van der Waals surface area contributed by atoms with E-state index in [0.717, 1.165) is 67.8 Å². The average molecular weight is 498 g/mol. The number of hydrogen-bond acceptors (Lipinski definition) is 4. The van der Waals surface area contributed by atoms with E-state index in [-0.39, 0.29) is 12.0 Å². The molecule has 1 saturated heterocycles. The highest BCUT2D eigenvalue weighted by atomic mass is 35.5. The molecular formula is C28H36ClN3O3.